The van der Waals surface area contributed by atoms with Gasteiger partial charge in [-0.15, -0.1) is 0 Å². The van der Waals surface area contributed by atoms with Crippen molar-refractivity contribution in [3.05, 3.63) is 27.9 Å². The number of nitrogens with two attached hydrogens (primary N) is 1. The molecule has 1 aliphatic carbocycles. The number of hydrogen-bond donors (Lipinski definition) is 2. The number of H-pyrrole nitrogens is 1. The molecule has 4 nitrogen and oxygen atoms in total. The fourth-order valence-corrected chi connectivity index (χ4v) is 2.55. The Bertz CT molecular complexity index is 421. The Morgan fingerprint density at radius 1 is 1.53 bits per heavy atom. The third kappa shape index (κ3) is 2.94. The Labute approximate surface area is 102 Å². The van der Waals surface area contributed by atoms with Crippen molar-refractivity contribution in [2.45, 2.75) is 57.4 Å². The minimum Gasteiger partial charge on any atom is -0.321 e. The van der Waals surface area contributed by atoms with E-state index in [-0.39, 0.29) is 11.6 Å². The zero-order valence-corrected chi connectivity index (χ0v) is 10.4. The third-order valence-corrected chi connectivity index (χ3v) is 3.50. The van der Waals surface area contributed by atoms with E-state index in [4.69, 9.17) is 5.73 Å². The summed E-state index contributed by atoms with van der Waals surface area (Å²) in [5.74, 6) is 1.12. The smallest absolute Gasteiger partial charge is 0.251 e. The average molecular weight is 235 g/mol. The van der Waals surface area contributed by atoms with Crippen LogP contribution in [0.5, 0.6) is 0 Å². The van der Waals surface area contributed by atoms with Crippen LogP contribution in [-0.2, 0) is 0 Å². The Hall–Kier alpha value is -1.16. The molecule has 1 fully saturated rings. The van der Waals surface area contributed by atoms with E-state index in [1.165, 1.54) is 12.8 Å². The van der Waals surface area contributed by atoms with Gasteiger partial charge in [0, 0.05) is 12.0 Å². The molecule has 1 atom stereocenters. The topological polar surface area (TPSA) is 71.8 Å². The van der Waals surface area contributed by atoms with Crippen LogP contribution in [0.1, 0.15) is 68.9 Å². The van der Waals surface area contributed by atoms with Crippen LogP contribution in [0.4, 0.5) is 0 Å². The Kier molecular flexibility index (Phi) is 3.94. The van der Waals surface area contributed by atoms with Gasteiger partial charge in [0.25, 0.3) is 5.56 Å². The molecule has 0 radical (unpaired) electrons. The van der Waals surface area contributed by atoms with Gasteiger partial charge in [-0.05, 0) is 19.3 Å². The minimum atomic E-state index is -0.144. The molecule has 2 rings (SSSR count). The Balaban J connectivity index is 2.25. The van der Waals surface area contributed by atoms with Crippen molar-refractivity contribution in [1.29, 1.82) is 0 Å². The van der Waals surface area contributed by atoms with Crippen LogP contribution in [0.15, 0.2) is 10.9 Å². The lowest BCUT2D eigenvalue weighted by Crippen LogP contribution is -2.21. The number of nitrogens with one attached hydrogen (secondary N) is 1. The number of rotatable bonds is 4. The maximum atomic E-state index is 11.6. The summed E-state index contributed by atoms with van der Waals surface area (Å²) < 4.78 is 0. The van der Waals surface area contributed by atoms with Gasteiger partial charge < -0.3 is 10.7 Å². The first-order valence-corrected chi connectivity index (χ1v) is 6.57. The maximum Gasteiger partial charge on any atom is 0.251 e. The van der Waals surface area contributed by atoms with Crippen LogP contribution in [-0.4, -0.2) is 9.97 Å². The normalized spacial score (nSPS) is 18.5. The van der Waals surface area contributed by atoms with Gasteiger partial charge in [-0.1, -0.05) is 26.2 Å². The fraction of sp³-hybridized carbons (Fsp3) is 0.692. The molecule has 0 spiro atoms. The second kappa shape index (κ2) is 5.45. The molecule has 1 saturated carbocycles. The average Bonchev–Trinajstić information content (AvgIpc) is 2.82. The zero-order valence-electron chi connectivity index (χ0n) is 10.4. The van der Waals surface area contributed by atoms with Crippen LogP contribution in [0, 0.1) is 0 Å². The first-order valence-electron chi connectivity index (χ1n) is 6.57. The lowest BCUT2D eigenvalue weighted by molar-refractivity contribution is 0.585. The molecule has 1 heterocycles. The van der Waals surface area contributed by atoms with E-state index in [2.05, 4.69) is 16.9 Å². The summed E-state index contributed by atoms with van der Waals surface area (Å²) >= 11 is 0. The van der Waals surface area contributed by atoms with Crippen LogP contribution in [0.2, 0.25) is 0 Å². The highest BCUT2D eigenvalue weighted by Gasteiger charge is 2.20. The van der Waals surface area contributed by atoms with Gasteiger partial charge in [0.1, 0.15) is 5.82 Å². The first-order chi connectivity index (χ1) is 8.20. The lowest BCUT2D eigenvalue weighted by Gasteiger charge is -2.13. The van der Waals surface area contributed by atoms with Crippen molar-refractivity contribution in [3.8, 4) is 0 Å². The van der Waals surface area contributed by atoms with Gasteiger partial charge in [0.2, 0.25) is 0 Å². The number of aromatic amines is 1. The van der Waals surface area contributed by atoms with Gasteiger partial charge in [-0.3, -0.25) is 4.79 Å². The fourth-order valence-electron chi connectivity index (χ4n) is 2.55. The molecule has 94 valence electrons. The number of nitrogens with zero attached hydrogens (tertiary/aromatic N) is 1. The van der Waals surface area contributed by atoms with E-state index in [9.17, 15) is 4.79 Å². The molecule has 0 aliphatic heterocycles. The minimum absolute atomic E-state index is 0.0662. The molecule has 0 saturated heterocycles. The van der Waals surface area contributed by atoms with Crippen molar-refractivity contribution in [2.24, 2.45) is 5.73 Å². The van der Waals surface area contributed by atoms with Crippen LogP contribution < -0.4 is 11.3 Å². The molecule has 1 aromatic rings. The molecule has 1 aromatic heterocycles. The van der Waals surface area contributed by atoms with Crippen LogP contribution in [0.25, 0.3) is 0 Å². The first kappa shape index (κ1) is 12.3. The van der Waals surface area contributed by atoms with Gasteiger partial charge in [-0.25, -0.2) is 4.98 Å². The summed E-state index contributed by atoms with van der Waals surface area (Å²) in [7, 11) is 0. The van der Waals surface area contributed by atoms with E-state index >= 15 is 0 Å². The van der Waals surface area contributed by atoms with Crippen LogP contribution in [0.3, 0.4) is 0 Å². The van der Waals surface area contributed by atoms with E-state index in [1.807, 2.05) is 0 Å². The molecule has 1 aliphatic rings. The summed E-state index contributed by atoms with van der Waals surface area (Å²) in [6, 6.07) is 1.49. The van der Waals surface area contributed by atoms with Crippen molar-refractivity contribution in [2.75, 3.05) is 0 Å². The summed E-state index contributed by atoms with van der Waals surface area (Å²) in [5.41, 5.74) is 6.88. The van der Waals surface area contributed by atoms with E-state index < -0.39 is 0 Å². The quantitative estimate of drug-likeness (QED) is 0.840. The molecule has 1 unspecified atom stereocenters. The van der Waals surface area contributed by atoms with Crippen molar-refractivity contribution >= 4 is 0 Å². The predicted molar refractivity (Wildman–Crippen MR) is 67.9 cm³/mol. The molecular weight excluding hydrogens is 214 g/mol. The van der Waals surface area contributed by atoms with Gasteiger partial charge in [-0.2, -0.15) is 0 Å². The Morgan fingerprint density at radius 3 is 2.88 bits per heavy atom. The summed E-state index contributed by atoms with van der Waals surface area (Å²) in [4.78, 5) is 18.9. The molecule has 0 amide bonds. The highest BCUT2D eigenvalue weighted by Crippen LogP contribution is 2.32. The number of hydrogen-bond acceptors (Lipinski definition) is 3. The SMILES string of the molecule is CCCC(N)c1nc(C2CCCC2)cc(=O)[nH]1. The lowest BCUT2D eigenvalue weighted by atomic mass is 10.0. The molecule has 17 heavy (non-hydrogen) atoms. The summed E-state index contributed by atoms with van der Waals surface area (Å²) in [6.07, 6.45) is 6.65. The van der Waals surface area contributed by atoms with E-state index in [0.29, 0.717) is 11.7 Å². The molecule has 3 N–H and O–H groups in total. The summed E-state index contributed by atoms with van der Waals surface area (Å²) in [5, 5.41) is 0. The highest BCUT2D eigenvalue weighted by atomic mass is 16.1. The zero-order chi connectivity index (χ0) is 12.3. The van der Waals surface area contributed by atoms with E-state index in [1.54, 1.807) is 6.07 Å². The second-order valence-electron chi connectivity index (χ2n) is 4.93. The van der Waals surface area contributed by atoms with Crippen molar-refractivity contribution < 1.29 is 0 Å². The van der Waals surface area contributed by atoms with Crippen molar-refractivity contribution in [3.63, 3.8) is 0 Å². The third-order valence-electron chi connectivity index (χ3n) is 3.50. The highest BCUT2D eigenvalue weighted by molar-refractivity contribution is 5.11. The monoisotopic (exact) mass is 235 g/mol. The molecule has 0 aromatic carbocycles. The second-order valence-corrected chi connectivity index (χ2v) is 4.93. The summed E-state index contributed by atoms with van der Waals surface area (Å²) in [6.45, 7) is 2.08. The van der Waals surface area contributed by atoms with Gasteiger partial charge in [0.05, 0.1) is 11.7 Å². The van der Waals surface area contributed by atoms with Crippen LogP contribution >= 0.6 is 0 Å². The van der Waals surface area contributed by atoms with Gasteiger partial charge in [0.15, 0.2) is 0 Å². The largest absolute Gasteiger partial charge is 0.321 e. The van der Waals surface area contributed by atoms with E-state index in [0.717, 1.165) is 31.4 Å². The molecule has 0 bridgehead atoms. The van der Waals surface area contributed by atoms with Gasteiger partial charge >= 0.3 is 0 Å². The number of aromatic nitrogens is 2. The maximum absolute atomic E-state index is 11.6. The Morgan fingerprint density at radius 2 is 2.24 bits per heavy atom. The predicted octanol–water partition coefficient (Wildman–Crippen LogP) is 2.23. The molecular formula is C13H21N3O. The molecule has 4 heteroatoms. The standard InChI is InChI=1S/C13H21N3O/c1-2-5-10(14)13-15-11(8-12(17)16-13)9-6-3-4-7-9/h8-10H,2-7,14H2,1H3,(H,15,16,17). The van der Waals surface area contributed by atoms with Crippen molar-refractivity contribution in [1.82, 2.24) is 9.97 Å².